The van der Waals surface area contributed by atoms with Gasteiger partial charge in [0.15, 0.2) is 0 Å². The summed E-state index contributed by atoms with van der Waals surface area (Å²) in [6.07, 6.45) is 1.51. The smallest absolute Gasteiger partial charge is 0.268 e. The fraction of sp³-hybridized carbons (Fsp3) is 0.200. The number of nitrogens with zero attached hydrogens (tertiary/aromatic N) is 2. The van der Waals surface area contributed by atoms with Crippen molar-refractivity contribution in [2.24, 2.45) is 5.10 Å². The third kappa shape index (κ3) is 6.24. The third-order valence-corrected chi connectivity index (χ3v) is 7.32. The van der Waals surface area contributed by atoms with Gasteiger partial charge in [0.25, 0.3) is 15.9 Å². The summed E-state index contributed by atoms with van der Waals surface area (Å²) in [7, 11) is -2.75. The summed E-state index contributed by atoms with van der Waals surface area (Å²) in [6, 6.07) is 20.9. The predicted octanol–water partition coefficient (Wildman–Crippen LogP) is 4.93. The molecule has 0 heterocycles. The Morgan fingerprint density at radius 3 is 2.38 bits per heavy atom. The van der Waals surface area contributed by atoms with E-state index < -0.39 is 22.5 Å². The Kier molecular flexibility index (Phi) is 8.46. The Morgan fingerprint density at radius 1 is 1.09 bits per heavy atom. The zero-order valence-corrected chi connectivity index (χ0v) is 21.5. The first kappa shape index (κ1) is 25.5. The van der Waals surface area contributed by atoms with Crippen LogP contribution in [-0.4, -0.2) is 34.2 Å². The summed E-state index contributed by atoms with van der Waals surface area (Å²) >= 11 is 3.31. The third-order valence-electron chi connectivity index (χ3n) is 5.03. The highest BCUT2D eigenvalue weighted by Gasteiger charge is 2.30. The quantitative estimate of drug-likeness (QED) is 0.306. The van der Waals surface area contributed by atoms with Gasteiger partial charge in [-0.25, -0.2) is 13.8 Å². The maximum absolute atomic E-state index is 13.6. The number of carbonyl (C=O) groups excluding carboxylic acids is 1. The van der Waals surface area contributed by atoms with Gasteiger partial charge in [-0.15, -0.1) is 0 Å². The van der Waals surface area contributed by atoms with E-state index >= 15 is 0 Å². The summed E-state index contributed by atoms with van der Waals surface area (Å²) in [5, 5.41) is 3.99. The van der Waals surface area contributed by atoms with Gasteiger partial charge in [0, 0.05) is 4.47 Å². The number of nitrogens with one attached hydrogen (secondary N) is 1. The molecular weight excluding hydrogens is 518 g/mol. The molecule has 0 bridgehead atoms. The second-order valence-electron chi connectivity index (χ2n) is 7.76. The van der Waals surface area contributed by atoms with Crippen molar-refractivity contribution in [3.05, 3.63) is 88.4 Å². The van der Waals surface area contributed by atoms with Crippen LogP contribution in [0.1, 0.15) is 30.9 Å². The Hall–Kier alpha value is -3.17. The largest absolute Gasteiger partial charge is 0.495 e. The summed E-state index contributed by atoms with van der Waals surface area (Å²) in [6.45, 7) is 3.75. The highest BCUT2D eigenvalue weighted by atomic mass is 79.9. The molecule has 0 aliphatic rings. The lowest BCUT2D eigenvalue weighted by Crippen LogP contribution is -2.39. The summed E-state index contributed by atoms with van der Waals surface area (Å²) in [5.41, 5.74) is 4.77. The van der Waals surface area contributed by atoms with E-state index in [0.29, 0.717) is 16.1 Å². The number of amides is 1. The molecule has 0 saturated heterocycles. The van der Waals surface area contributed by atoms with Crippen molar-refractivity contribution in [3.8, 4) is 5.75 Å². The van der Waals surface area contributed by atoms with Crippen molar-refractivity contribution < 1.29 is 17.9 Å². The fourth-order valence-electron chi connectivity index (χ4n) is 3.19. The fourth-order valence-corrected chi connectivity index (χ4v) is 5.31. The Morgan fingerprint density at radius 2 is 1.76 bits per heavy atom. The first-order chi connectivity index (χ1) is 16.2. The van der Waals surface area contributed by atoms with Crippen molar-refractivity contribution in [2.75, 3.05) is 18.0 Å². The summed E-state index contributed by atoms with van der Waals surface area (Å²) in [4.78, 5) is 12.6. The number of anilines is 1. The predicted molar refractivity (Wildman–Crippen MR) is 138 cm³/mol. The van der Waals surface area contributed by atoms with Crippen molar-refractivity contribution in [1.29, 1.82) is 0 Å². The average Bonchev–Trinajstić information content (AvgIpc) is 2.83. The van der Waals surface area contributed by atoms with E-state index in [0.717, 1.165) is 9.87 Å². The minimum atomic E-state index is -4.14. The number of para-hydroxylation sites is 1. The first-order valence-electron chi connectivity index (χ1n) is 10.6. The van der Waals surface area contributed by atoms with Crippen LogP contribution >= 0.6 is 15.9 Å². The Labute approximate surface area is 208 Å². The molecule has 0 saturated carbocycles. The molecule has 1 amide bonds. The van der Waals surface area contributed by atoms with Gasteiger partial charge in [0.1, 0.15) is 17.2 Å². The number of ether oxygens (including phenoxy) is 1. The molecule has 1 N–H and O–H groups in total. The molecule has 0 fully saturated rings. The molecule has 0 spiro atoms. The van der Waals surface area contributed by atoms with Crippen LogP contribution in [0.25, 0.3) is 0 Å². The molecule has 3 rings (SSSR count). The highest BCUT2D eigenvalue weighted by Crippen LogP contribution is 2.32. The van der Waals surface area contributed by atoms with E-state index in [1.807, 2.05) is 24.3 Å². The number of carbonyl (C=O) groups is 1. The molecule has 3 aromatic carbocycles. The van der Waals surface area contributed by atoms with Gasteiger partial charge >= 0.3 is 0 Å². The monoisotopic (exact) mass is 543 g/mol. The molecule has 0 atom stereocenters. The maximum Gasteiger partial charge on any atom is 0.268 e. The minimum Gasteiger partial charge on any atom is -0.495 e. The van der Waals surface area contributed by atoms with E-state index in [1.165, 1.54) is 25.0 Å². The highest BCUT2D eigenvalue weighted by molar-refractivity contribution is 9.10. The molecule has 3 aromatic rings. The average molecular weight is 544 g/mol. The topological polar surface area (TPSA) is 88.1 Å². The zero-order valence-electron chi connectivity index (χ0n) is 19.1. The number of rotatable bonds is 9. The van der Waals surface area contributed by atoms with Gasteiger partial charge in [0.2, 0.25) is 0 Å². The molecule has 0 aromatic heterocycles. The number of hydrogen-bond donors (Lipinski definition) is 1. The van der Waals surface area contributed by atoms with E-state index in [9.17, 15) is 13.2 Å². The normalized spacial score (nSPS) is 11.6. The molecule has 7 nitrogen and oxygen atoms in total. The van der Waals surface area contributed by atoms with Crippen molar-refractivity contribution >= 4 is 43.8 Å². The van der Waals surface area contributed by atoms with E-state index in [2.05, 4.69) is 40.3 Å². The Balaban J connectivity index is 1.83. The van der Waals surface area contributed by atoms with Crippen molar-refractivity contribution in [1.82, 2.24) is 5.43 Å². The molecule has 0 aliphatic carbocycles. The second kappa shape index (κ2) is 11.3. The van der Waals surface area contributed by atoms with Crippen LogP contribution in [0, 0.1) is 0 Å². The van der Waals surface area contributed by atoms with Crippen LogP contribution in [0.5, 0.6) is 5.75 Å². The lowest BCUT2D eigenvalue weighted by atomic mass is 10.0. The zero-order chi connectivity index (χ0) is 24.7. The van der Waals surface area contributed by atoms with Gasteiger partial charge in [-0.1, -0.05) is 72.2 Å². The van der Waals surface area contributed by atoms with Crippen LogP contribution in [0.3, 0.4) is 0 Å². The van der Waals surface area contributed by atoms with Crippen LogP contribution in [0.4, 0.5) is 5.69 Å². The molecular formula is C25H26BrN3O4S. The number of benzene rings is 3. The van der Waals surface area contributed by atoms with Crippen LogP contribution in [-0.2, 0) is 14.8 Å². The number of sulfonamides is 1. The molecule has 0 unspecified atom stereocenters. The van der Waals surface area contributed by atoms with Gasteiger partial charge in [-0.05, 0) is 47.4 Å². The number of hydrazone groups is 1. The SMILES string of the molecule is COc1ccc(Br)cc1S(=O)(=O)N(CC(=O)N/N=C\c1ccc(C(C)C)cc1)c1ccccc1. The summed E-state index contributed by atoms with van der Waals surface area (Å²) < 4.78 is 34.0. The minimum absolute atomic E-state index is 0.0604. The van der Waals surface area contributed by atoms with E-state index in [1.54, 1.807) is 42.5 Å². The van der Waals surface area contributed by atoms with Crippen LogP contribution in [0.2, 0.25) is 0 Å². The number of halogens is 1. The van der Waals surface area contributed by atoms with Gasteiger partial charge < -0.3 is 4.74 Å². The first-order valence-corrected chi connectivity index (χ1v) is 12.8. The number of methoxy groups -OCH3 is 1. The lowest BCUT2D eigenvalue weighted by Gasteiger charge is -2.24. The van der Waals surface area contributed by atoms with E-state index in [-0.39, 0.29) is 10.6 Å². The summed E-state index contributed by atoms with van der Waals surface area (Å²) in [5.74, 6) is 0.00400. The Bertz CT molecular complexity index is 1260. The molecule has 9 heteroatoms. The molecule has 34 heavy (non-hydrogen) atoms. The van der Waals surface area contributed by atoms with Crippen molar-refractivity contribution in [2.45, 2.75) is 24.7 Å². The van der Waals surface area contributed by atoms with Crippen LogP contribution < -0.4 is 14.5 Å². The van der Waals surface area contributed by atoms with Gasteiger partial charge in [-0.3, -0.25) is 9.10 Å². The van der Waals surface area contributed by atoms with Gasteiger partial charge in [-0.2, -0.15) is 5.10 Å². The van der Waals surface area contributed by atoms with E-state index in [4.69, 9.17) is 4.74 Å². The lowest BCUT2D eigenvalue weighted by molar-refractivity contribution is -0.119. The second-order valence-corrected chi connectivity index (χ2v) is 10.5. The molecule has 0 aliphatic heterocycles. The standard InChI is InChI=1S/C25H26BrN3O4S/c1-18(2)20-11-9-19(10-12-20)16-27-28-25(30)17-29(22-7-5-4-6-8-22)34(31,32)24-15-21(26)13-14-23(24)33-3/h4-16,18H,17H2,1-3H3,(H,28,30)/b27-16-. The molecule has 178 valence electrons. The maximum atomic E-state index is 13.6. The molecule has 0 radical (unpaired) electrons. The van der Waals surface area contributed by atoms with Crippen molar-refractivity contribution in [3.63, 3.8) is 0 Å². The van der Waals surface area contributed by atoms with Crippen LogP contribution in [0.15, 0.2) is 87.3 Å². The van der Waals surface area contributed by atoms with Gasteiger partial charge in [0.05, 0.1) is 19.0 Å². The number of hydrogen-bond acceptors (Lipinski definition) is 5.